The monoisotopic (exact) mass is 362 g/mol. The predicted octanol–water partition coefficient (Wildman–Crippen LogP) is 4.47. The van der Waals surface area contributed by atoms with E-state index in [1.54, 1.807) is 0 Å². The van der Waals surface area contributed by atoms with Crippen molar-refractivity contribution in [1.82, 2.24) is 0 Å². The number of hydrogen-bond acceptors (Lipinski definition) is 3. The van der Waals surface area contributed by atoms with E-state index in [1.807, 2.05) is 0 Å². The third-order valence-electron chi connectivity index (χ3n) is 8.89. The Morgan fingerprint density at radius 3 is 2.62 bits per heavy atom. The fraction of sp³-hybridized carbons (Fsp3) is 0.913. The number of hydrogen-bond donors (Lipinski definition) is 2. The molecule has 0 heterocycles. The topological polar surface area (TPSA) is 49.7 Å². The summed E-state index contributed by atoms with van der Waals surface area (Å²) in [4.78, 5) is 0. The molecule has 2 N–H and O–H groups in total. The quantitative estimate of drug-likeness (QED) is 0.726. The van der Waals surface area contributed by atoms with Crippen LogP contribution >= 0.6 is 0 Å². The molecule has 7 atom stereocenters. The Balaban J connectivity index is 1.65. The Morgan fingerprint density at radius 1 is 1.08 bits per heavy atom. The van der Waals surface area contributed by atoms with Gasteiger partial charge in [0, 0.05) is 12.0 Å². The standard InChI is InChI=1S/C23H38O3/c1-4-11-26-21-6-5-18-17-12-15(2)20-13-16(25)7-10-23(20,14-24)19(17)8-9-22(18,21)3/h16-19,21,24-25H,4-14H2,1-3H3/t16-,17-,18-,19-,21-,22-,23-/m0/s1. The normalized spacial score (nSPS) is 48.1. The Hall–Kier alpha value is -0.380. The van der Waals surface area contributed by atoms with Gasteiger partial charge in [-0.25, -0.2) is 0 Å². The van der Waals surface area contributed by atoms with E-state index >= 15 is 0 Å². The van der Waals surface area contributed by atoms with E-state index in [0.717, 1.165) is 38.2 Å². The van der Waals surface area contributed by atoms with Gasteiger partial charge in [0.2, 0.25) is 0 Å². The lowest BCUT2D eigenvalue weighted by Gasteiger charge is -2.59. The fourth-order valence-electron chi connectivity index (χ4n) is 7.64. The van der Waals surface area contributed by atoms with Crippen LogP contribution in [0, 0.1) is 28.6 Å². The number of allylic oxidation sites excluding steroid dienone is 1. The summed E-state index contributed by atoms with van der Waals surface area (Å²) >= 11 is 0. The minimum absolute atomic E-state index is 0.0457. The third kappa shape index (κ3) is 2.64. The van der Waals surface area contributed by atoms with Crippen molar-refractivity contribution in [1.29, 1.82) is 0 Å². The van der Waals surface area contributed by atoms with Crippen LogP contribution in [0.5, 0.6) is 0 Å². The second-order valence-electron chi connectivity index (χ2n) is 10.0. The van der Waals surface area contributed by atoms with Crippen LogP contribution in [0.15, 0.2) is 11.1 Å². The maximum absolute atomic E-state index is 10.6. The van der Waals surface area contributed by atoms with Crippen LogP contribution in [0.1, 0.15) is 78.6 Å². The highest BCUT2D eigenvalue weighted by molar-refractivity contribution is 5.31. The zero-order valence-electron chi connectivity index (χ0n) is 17.0. The van der Waals surface area contributed by atoms with Crippen LogP contribution < -0.4 is 0 Å². The van der Waals surface area contributed by atoms with Crippen LogP contribution in [0.4, 0.5) is 0 Å². The van der Waals surface area contributed by atoms with Crippen molar-refractivity contribution < 1.29 is 14.9 Å². The molecule has 4 aliphatic carbocycles. The molecule has 3 nitrogen and oxygen atoms in total. The molecule has 4 rings (SSSR count). The number of rotatable bonds is 4. The summed E-state index contributed by atoms with van der Waals surface area (Å²) in [6.45, 7) is 8.13. The van der Waals surface area contributed by atoms with Crippen LogP contribution in [0.2, 0.25) is 0 Å². The van der Waals surface area contributed by atoms with Crippen LogP contribution in [0.3, 0.4) is 0 Å². The molecule has 0 amide bonds. The SMILES string of the molecule is CCCO[C@H]1CC[C@H]2[C@@H]3CC(C)=C4C[C@@H](O)CC[C@]4(CO)[C@H]3CC[C@]12C. The van der Waals surface area contributed by atoms with Crippen molar-refractivity contribution in [2.45, 2.75) is 90.8 Å². The number of fused-ring (bicyclic) bond motifs is 5. The highest BCUT2D eigenvalue weighted by Gasteiger charge is 2.60. The lowest BCUT2D eigenvalue weighted by Crippen LogP contribution is -2.54. The lowest BCUT2D eigenvalue weighted by atomic mass is 9.46. The van der Waals surface area contributed by atoms with Crippen LogP contribution in [-0.2, 0) is 4.74 Å². The van der Waals surface area contributed by atoms with Crippen molar-refractivity contribution in [2.24, 2.45) is 28.6 Å². The molecule has 0 spiro atoms. The van der Waals surface area contributed by atoms with Crippen molar-refractivity contribution in [3.63, 3.8) is 0 Å². The molecule has 26 heavy (non-hydrogen) atoms. The molecule has 0 aromatic rings. The first-order chi connectivity index (χ1) is 12.5. The molecule has 3 heteroatoms. The third-order valence-corrected chi connectivity index (χ3v) is 8.89. The first-order valence-electron chi connectivity index (χ1n) is 11.1. The maximum Gasteiger partial charge on any atom is 0.0631 e. The van der Waals surface area contributed by atoms with E-state index in [0.29, 0.717) is 23.4 Å². The van der Waals surface area contributed by atoms with Gasteiger partial charge < -0.3 is 14.9 Å². The Morgan fingerprint density at radius 2 is 1.88 bits per heavy atom. The smallest absolute Gasteiger partial charge is 0.0631 e. The van der Waals surface area contributed by atoms with Gasteiger partial charge in [0.15, 0.2) is 0 Å². The lowest BCUT2D eigenvalue weighted by molar-refractivity contribution is -0.106. The molecule has 0 aromatic carbocycles. The van der Waals surface area contributed by atoms with E-state index in [9.17, 15) is 10.2 Å². The molecule has 0 unspecified atom stereocenters. The van der Waals surface area contributed by atoms with Crippen molar-refractivity contribution in [2.75, 3.05) is 13.2 Å². The van der Waals surface area contributed by atoms with Crippen molar-refractivity contribution in [3.8, 4) is 0 Å². The van der Waals surface area contributed by atoms with Crippen molar-refractivity contribution in [3.05, 3.63) is 11.1 Å². The number of ether oxygens (including phenoxy) is 1. The highest BCUT2D eigenvalue weighted by Crippen LogP contribution is 2.66. The van der Waals surface area contributed by atoms with Gasteiger partial charge in [-0.3, -0.25) is 0 Å². The summed E-state index contributed by atoms with van der Waals surface area (Å²) in [7, 11) is 0. The molecule has 4 aliphatic rings. The van der Waals surface area contributed by atoms with E-state index in [1.165, 1.54) is 43.3 Å². The van der Waals surface area contributed by atoms with Gasteiger partial charge in [-0.1, -0.05) is 25.0 Å². The summed E-state index contributed by atoms with van der Waals surface area (Å²) in [5.74, 6) is 2.02. The first kappa shape index (κ1) is 19.0. The average Bonchev–Trinajstić information content (AvgIpc) is 2.97. The first-order valence-corrected chi connectivity index (χ1v) is 11.1. The van der Waals surface area contributed by atoms with E-state index < -0.39 is 0 Å². The van der Waals surface area contributed by atoms with Gasteiger partial charge in [-0.05, 0) is 87.9 Å². The largest absolute Gasteiger partial charge is 0.395 e. The molecular weight excluding hydrogens is 324 g/mol. The molecule has 3 saturated carbocycles. The Labute approximate surface area is 159 Å². The second-order valence-corrected chi connectivity index (χ2v) is 10.0. The molecule has 0 aromatic heterocycles. The Kier molecular flexibility index (Phi) is 5.03. The minimum atomic E-state index is -0.205. The molecule has 148 valence electrons. The predicted molar refractivity (Wildman–Crippen MR) is 104 cm³/mol. The molecule has 0 radical (unpaired) electrons. The summed E-state index contributed by atoms with van der Waals surface area (Å²) in [6.07, 6.45) is 10.1. The van der Waals surface area contributed by atoms with Gasteiger partial charge >= 0.3 is 0 Å². The van der Waals surface area contributed by atoms with Crippen molar-refractivity contribution >= 4 is 0 Å². The molecule has 0 bridgehead atoms. The minimum Gasteiger partial charge on any atom is -0.395 e. The molecular formula is C23H38O3. The summed E-state index contributed by atoms with van der Waals surface area (Å²) < 4.78 is 6.31. The fourth-order valence-corrected chi connectivity index (χ4v) is 7.64. The van der Waals surface area contributed by atoms with E-state index in [2.05, 4.69) is 20.8 Å². The number of aliphatic hydroxyl groups is 2. The van der Waals surface area contributed by atoms with Gasteiger partial charge in [-0.15, -0.1) is 0 Å². The second kappa shape index (κ2) is 6.90. The average molecular weight is 363 g/mol. The van der Waals surface area contributed by atoms with Crippen LogP contribution in [0.25, 0.3) is 0 Å². The van der Waals surface area contributed by atoms with E-state index in [-0.39, 0.29) is 18.1 Å². The van der Waals surface area contributed by atoms with E-state index in [4.69, 9.17) is 4.74 Å². The van der Waals surface area contributed by atoms with Gasteiger partial charge in [-0.2, -0.15) is 0 Å². The van der Waals surface area contributed by atoms with Gasteiger partial charge in [0.1, 0.15) is 0 Å². The van der Waals surface area contributed by atoms with Crippen LogP contribution in [-0.4, -0.2) is 35.6 Å². The summed E-state index contributed by atoms with van der Waals surface area (Å²) in [5.41, 5.74) is 3.16. The van der Waals surface area contributed by atoms with Gasteiger partial charge in [0.25, 0.3) is 0 Å². The molecule has 3 fully saturated rings. The maximum atomic E-state index is 10.6. The van der Waals surface area contributed by atoms with Gasteiger partial charge in [0.05, 0.1) is 18.8 Å². The zero-order valence-corrected chi connectivity index (χ0v) is 17.0. The molecule has 0 aliphatic heterocycles. The zero-order chi connectivity index (χ0) is 18.5. The summed E-state index contributed by atoms with van der Waals surface area (Å²) in [6, 6.07) is 0. The summed E-state index contributed by atoms with van der Waals surface area (Å²) in [5, 5.41) is 20.8. The molecule has 0 saturated heterocycles. The Bertz CT molecular complexity index is 570. The number of aliphatic hydroxyl groups excluding tert-OH is 2. The highest BCUT2D eigenvalue weighted by atomic mass is 16.5.